The van der Waals surface area contributed by atoms with E-state index in [1.807, 2.05) is 4.90 Å². The molecule has 0 aliphatic carbocycles. The quantitative estimate of drug-likeness (QED) is 0.854. The van der Waals surface area contributed by atoms with Gasteiger partial charge in [-0.25, -0.2) is 0 Å². The van der Waals surface area contributed by atoms with E-state index in [0.717, 1.165) is 36.3 Å². The Balaban J connectivity index is 1.79. The van der Waals surface area contributed by atoms with Gasteiger partial charge in [-0.05, 0) is 18.0 Å². The average Bonchev–Trinajstić information content (AvgIpc) is 3.05. The highest BCUT2D eigenvalue weighted by Gasteiger charge is 2.27. The lowest BCUT2D eigenvalue weighted by Crippen LogP contribution is -2.35. The topological polar surface area (TPSA) is 72.1 Å². The van der Waals surface area contributed by atoms with Gasteiger partial charge in [-0.3, -0.25) is 4.79 Å². The molecular formula is C12H14N4O2S. The number of fused-ring (bicyclic) bond motifs is 1. The Morgan fingerprint density at radius 1 is 1.58 bits per heavy atom. The summed E-state index contributed by atoms with van der Waals surface area (Å²) in [4.78, 5) is 15.0. The average molecular weight is 278 g/mol. The summed E-state index contributed by atoms with van der Waals surface area (Å²) < 4.78 is 9.03. The van der Waals surface area contributed by atoms with Crippen LogP contribution in [0.15, 0.2) is 10.7 Å². The van der Waals surface area contributed by atoms with E-state index in [0.29, 0.717) is 18.0 Å². The maximum Gasteiger partial charge on any atom is 0.267 e. The number of hydrogen-bond donors (Lipinski definition) is 0. The third-order valence-electron chi connectivity index (χ3n) is 3.22. The van der Waals surface area contributed by atoms with Crippen molar-refractivity contribution in [2.75, 3.05) is 6.54 Å². The van der Waals surface area contributed by atoms with Crippen LogP contribution in [0.2, 0.25) is 0 Å². The van der Waals surface area contributed by atoms with E-state index in [9.17, 15) is 4.79 Å². The Morgan fingerprint density at radius 3 is 3.32 bits per heavy atom. The van der Waals surface area contributed by atoms with E-state index in [4.69, 9.17) is 4.52 Å². The first kappa shape index (κ1) is 12.3. The Hall–Kier alpha value is -1.76. The standard InChI is InChI=1S/C12H14N4O2S/c1-2-3-9-11(19-15-14-9)12(17)16-5-4-10-8(7-16)6-13-18-10/h6H,2-5,7H2,1H3. The lowest BCUT2D eigenvalue weighted by Gasteiger charge is -2.25. The van der Waals surface area contributed by atoms with Crippen molar-refractivity contribution in [2.24, 2.45) is 0 Å². The molecule has 0 aromatic carbocycles. The third kappa shape index (κ3) is 2.25. The molecule has 1 aliphatic rings. The molecular weight excluding hydrogens is 264 g/mol. The van der Waals surface area contributed by atoms with Crippen LogP contribution in [-0.4, -0.2) is 32.1 Å². The van der Waals surface area contributed by atoms with Crippen LogP contribution in [-0.2, 0) is 19.4 Å². The molecule has 3 rings (SSSR count). The predicted octanol–water partition coefficient (Wildman–Crippen LogP) is 1.68. The fraction of sp³-hybridized carbons (Fsp3) is 0.500. The van der Waals surface area contributed by atoms with Gasteiger partial charge in [0.15, 0.2) is 0 Å². The molecule has 2 aromatic heterocycles. The second kappa shape index (κ2) is 5.08. The molecule has 7 heteroatoms. The number of carbonyl (C=O) groups is 1. The fourth-order valence-corrected chi connectivity index (χ4v) is 2.91. The number of rotatable bonds is 3. The van der Waals surface area contributed by atoms with Gasteiger partial charge in [0, 0.05) is 18.5 Å². The molecule has 0 saturated carbocycles. The Kier molecular flexibility index (Phi) is 3.29. The molecule has 0 saturated heterocycles. The Labute approximate surface area is 114 Å². The van der Waals surface area contributed by atoms with Gasteiger partial charge in [-0.15, -0.1) is 5.10 Å². The van der Waals surface area contributed by atoms with E-state index in [2.05, 4.69) is 21.7 Å². The van der Waals surface area contributed by atoms with Gasteiger partial charge in [0.25, 0.3) is 5.91 Å². The maximum atomic E-state index is 12.5. The van der Waals surface area contributed by atoms with E-state index in [1.54, 1.807) is 6.20 Å². The van der Waals surface area contributed by atoms with Crippen LogP contribution in [0.4, 0.5) is 0 Å². The second-order valence-electron chi connectivity index (χ2n) is 4.55. The number of carbonyl (C=O) groups excluding carboxylic acids is 1. The molecule has 0 unspecified atom stereocenters. The zero-order chi connectivity index (χ0) is 13.2. The first-order valence-electron chi connectivity index (χ1n) is 6.32. The second-order valence-corrected chi connectivity index (χ2v) is 5.30. The van der Waals surface area contributed by atoms with Crippen molar-refractivity contribution < 1.29 is 9.32 Å². The highest BCUT2D eigenvalue weighted by molar-refractivity contribution is 7.08. The van der Waals surface area contributed by atoms with Crippen LogP contribution >= 0.6 is 11.5 Å². The lowest BCUT2D eigenvalue weighted by atomic mass is 10.1. The molecule has 0 spiro atoms. The van der Waals surface area contributed by atoms with E-state index in [-0.39, 0.29) is 5.91 Å². The Bertz CT molecular complexity index is 592. The van der Waals surface area contributed by atoms with Gasteiger partial charge in [0.2, 0.25) is 0 Å². The lowest BCUT2D eigenvalue weighted by molar-refractivity contribution is 0.0732. The molecule has 0 atom stereocenters. The predicted molar refractivity (Wildman–Crippen MR) is 68.9 cm³/mol. The highest BCUT2D eigenvalue weighted by atomic mass is 32.1. The molecule has 3 heterocycles. The molecule has 2 aromatic rings. The first-order chi connectivity index (χ1) is 9.29. The minimum absolute atomic E-state index is 0.0188. The summed E-state index contributed by atoms with van der Waals surface area (Å²) in [6, 6.07) is 0. The fourth-order valence-electron chi connectivity index (χ4n) is 2.23. The van der Waals surface area contributed by atoms with Crippen molar-refractivity contribution in [2.45, 2.75) is 32.7 Å². The smallest absolute Gasteiger partial charge is 0.267 e. The van der Waals surface area contributed by atoms with Crippen molar-refractivity contribution in [3.63, 3.8) is 0 Å². The largest absolute Gasteiger partial charge is 0.361 e. The van der Waals surface area contributed by atoms with Gasteiger partial charge in [0.05, 0.1) is 18.4 Å². The van der Waals surface area contributed by atoms with Crippen molar-refractivity contribution in [3.05, 3.63) is 28.1 Å². The number of hydrogen-bond acceptors (Lipinski definition) is 6. The molecule has 0 radical (unpaired) electrons. The summed E-state index contributed by atoms with van der Waals surface area (Å²) in [5.41, 5.74) is 1.81. The molecule has 6 nitrogen and oxygen atoms in total. The zero-order valence-electron chi connectivity index (χ0n) is 10.6. The highest BCUT2D eigenvalue weighted by Crippen LogP contribution is 2.22. The summed E-state index contributed by atoms with van der Waals surface area (Å²) in [6.07, 6.45) is 4.16. The number of aromatic nitrogens is 3. The molecule has 0 N–H and O–H groups in total. The molecule has 1 amide bonds. The van der Waals surface area contributed by atoms with Crippen LogP contribution in [0.5, 0.6) is 0 Å². The number of nitrogens with zero attached hydrogens (tertiary/aromatic N) is 4. The summed E-state index contributed by atoms with van der Waals surface area (Å²) in [6.45, 7) is 3.28. The minimum atomic E-state index is 0.0188. The Morgan fingerprint density at radius 2 is 2.47 bits per heavy atom. The van der Waals surface area contributed by atoms with Crippen LogP contribution in [0.1, 0.15) is 40.0 Å². The van der Waals surface area contributed by atoms with Gasteiger partial charge < -0.3 is 9.42 Å². The molecule has 19 heavy (non-hydrogen) atoms. The van der Waals surface area contributed by atoms with Gasteiger partial charge >= 0.3 is 0 Å². The van der Waals surface area contributed by atoms with E-state index < -0.39 is 0 Å². The minimum Gasteiger partial charge on any atom is -0.361 e. The number of aryl methyl sites for hydroxylation is 1. The first-order valence-corrected chi connectivity index (χ1v) is 7.10. The molecule has 100 valence electrons. The van der Waals surface area contributed by atoms with Gasteiger partial charge in [-0.2, -0.15) is 0 Å². The zero-order valence-corrected chi connectivity index (χ0v) is 11.4. The van der Waals surface area contributed by atoms with Crippen LogP contribution < -0.4 is 0 Å². The number of amides is 1. The van der Waals surface area contributed by atoms with Crippen LogP contribution in [0.25, 0.3) is 0 Å². The van der Waals surface area contributed by atoms with Gasteiger partial charge in [0.1, 0.15) is 10.6 Å². The van der Waals surface area contributed by atoms with Crippen molar-refractivity contribution >= 4 is 17.4 Å². The summed E-state index contributed by atoms with van der Waals surface area (Å²) in [5.74, 6) is 0.908. The normalized spacial score (nSPS) is 14.5. The summed E-state index contributed by atoms with van der Waals surface area (Å²) in [5, 5.41) is 7.82. The van der Waals surface area contributed by atoms with E-state index in [1.165, 1.54) is 11.5 Å². The van der Waals surface area contributed by atoms with Crippen molar-refractivity contribution in [3.8, 4) is 0 Å². The molecule has 0 bridgehead atoms. The monoisotopic (exact) mass is 278 g/mol. The van der Waals surface area contributed by atoms with Crippen molar-refractivity contribution in [1.82, 2.24) is 19.6 Å². The van der Waals surface area contributed by atoms with Crippen molar-refractivity contribution in [1.29, 1.82) is 0 Å². The molecule has 1 aliphatic heterocycles. The summed E-state index contributed by atoms with van der Waals surface area (Å²) in [7, 11) is 0. The maximum absolute atomic E-state index is 12.5. The van der Waals surface area contributed by atoms with E-state index >= 15 is 0 Å². The SMILES string of the molecule is CCCc1nnsc1C(=O)N1CCc2oncc2C1. The third-order valence-corrected chi connectivity index (χ3v) is 3.98. The molecule has 0 fully saturated rings. The van der Waals surface area contributed by atoms with Gasteiger partial charge in [-0.1, -0.05) is 23.0 Å². The summed E-state index contributed by atoms with van der Waals surface area (Å²) >= 11 is 1.18. The van der Waals surface area contributed by atoms with Crippen LogP contribution in [0, 0.1) is 0 Å². The van der Waals surface area contributed by atoms with Crippen LogP contribution in [0.3, 0.4) is 0 Å².